The number of benzene rings is 2. The third kappa shape index (κ3) is 2.75. The normalized spacial score (nSPS) is 10.5. The van der Waals surface area contributed by atoms with Gasteiger partial charge in [0.1, 0.15) is 0 Å². The van der Waals surface area contributed by atoms with E-state index < -0.39 is 0 Å². The van der Waals surface area contributed by atoms with E-state index in [1.807, 2.05) is 6.07 Å². The van der Waals surface area contributed by atoms with E-state index in [9.17, 15) is 0 Å². The average molecular weight is 225 g/mol. The van der Waals surface area contributed by atoms with Crippen LogP contribution in [0.25, 0.3) is 11.1 Å². The topological polar surface area (TPSA) is 26.0 Å². The number of nitrogens with two attached hydrogens (primary N) is 1. The molecule has 88 valence electrons. The van der Waals surface area contributed by atoms with Gasteiger partial charge in [-0.2, -0.15) is 0 Å². The molecular formula is C16H19N. The van der Waals surface area contributed by atoms with E-state index >= 15 is 0 Å². The summed E-state index contributed by atoms with van der Waals surface area (Å²) < 4.78 is 0. The Hall–Kier alpha value is -1.60. The summed E-state index contributed by atoms with van der Waals surface area (Å²) in [5.74, 6) is 0. The Bertz CT molecular complexity index is 471. The molecule has 0 aliphatic heterocycles. The summed E-state index contributed by atoms with van der Waals surface area (Å²) in [6.07, 6.45) is 2.34. The fourth-order valence-electron chi connectivity index (χ4n) is 2.12. The van der Waals surface area contributed by atoms with Crippen LogP contribution in [-0.4, -0.2) is 0 Å². The van der Waals surface area contributed by atoms with Crippen molar-refractivity contribution in [1.29, 1.82) is 0 Å². The van der Waals surface area contributed by atoms with E-state index in [4.69, 9.17) is 5.73 Å². The first-order valence-electron chi connectivity index (χ1n) is 6.22. The number of hydrogen-bond acceptors (Lipinski definition) is 1. The molecule has 2 N–H and O–H groups in total. The third-order valence-electron chi connectivity index (χ3n) is 3.04. The van der Waals surface area contributed by atoms with Gasteiger partial charge >= 0.3 is 0 Å². The zero-order valence-electron chi connectivity index (χ0n) is 10.3. The van der Waals surface area contributed by atoms with Crippen molar-refractivity contribution < 1.29 is 0 Å². The summed E-state index contributed by atoms with van der Waals surface area (Å²) >= 11 is 0. The highest BCUT2D eigenvalue weighted by molar-refractivity contribution is 5.67. The summed E-state index contributed by atoms with van der Waals surface area (Å²) in [4.78, 5) is 0. The minimum Gasteiger partial charge on any atom is -0.326 e. The van der Waals surface area contributed by atoms with E-state index in [-0.39, 0.29) is 0 Å². The van der Waals surface area contributed by atoms with Crippen molar-refractivity contribution in [3.8, 4) is 11.1 Å². The van der Waals surface area contributed by atoms with Crippen molar-refractivity contribution in [2.75, 3.05) is 0 Å². The van der Waals surface area contributed by atoms with Crippen molar-refractivity contribution in [2.45, 2.75) is 26.3 Å². The molecule has 0 saturated heterocycles. The number of aryl methyl sites for hydroxylation is 1. The van der Waals surface area contributed by atoms with Crippen molar-refractivity contribution in [1.82, 2.24) is 0 Å². The van der Waals surface area contributed by atoms with Gasteiger partial charge in [-0.05, 0) is 28.7 Å². The Labute approximate surface area is 103 Å². The summed E-state index contributed by atoms with van der Waals surface area (Å²) in [5.41, 5.74) is 10.9. The van der Waals surface area contributed by atoms with Crippen LogP contribution >= 0.6 is 0 Å². The monoisotopic (exact) mass is 225 g/mol. The Kier molecular flexibility index (Phi) is 3.94. The molecule has 0 aliphatic rings. The maximum absolute atomic E-state index is 5.77. The molecule has 1 nitrogen and oxygen atoms in total. The van der Waals surface area contributed by atoms with Crippen LogP contribution in [0.2, 0.25) is 0 Å². The Morgan fingerprint density at radius 3 is 2.29 bits per heavy atom. The van der Waals surface area contributed by atoms with Crippen molar-refractivity contribution in [3.63, 3.8) is 0 Å². The summed E-state index contributed by atoms with van der Waals surface area (Å²) in [7, 11) is 0. The quantitative estimate of drug-likeness (QED) is 0.842. The first-order chi connectivity index (χ1) is 8.35. The third-order valence-corrected chi connectivity index (χ3v) is 3.04. The maximum atomic E-state index is 5.77. The Morgan fingerprint density at radius 1 is 0.941 bits per heavy atom. The zero-order chi connectivity index (χ0) is 12.1. The van der Waals surface area contributed by atoms with Crippen LogP contribution in [0.1, 0.15) is 24.5 Å². The maximum Gasteiger partial charge on any atom is 0.0184 e. The average Bonchev–Trinajstić information content (AvgIpc) is 2.40. The first-order valence-corrected chi connectivity index (χ1v) is 6.22. The van der Waals surface area contributed by atoms with Crippen molar-refractivity contribution in [2.24, 2.45) is 5.73 Å². The lowest BCUT2D eigenvalue weighted by Crippen LogP contribution is -1.98. The standard InChI is InChI=1S/C16H19N/c1-2-5-13-8-10-14(11-9-13)16-7-4-3-6-15(16)12-17/h3-4,6-11H,2,5,12,17H2,1H3. The lowest BCUT2D eigenvalue weighted by molar-refractivity contribution is 0.922. The minimum absolute atomic E-state index is 0.590. The van der Waals surface area contributed by atoms with Gasteiger partial charge in [0, 0.05) is 6.54 Å². The second-order valence-electron chi connectivity index (χ2n) is 4.31. The Morgan fingerprint density at radius 2 is 1.65 bits per heavy atom. The van der Waals surface area contributed by atoms with Gasteiger partial charge in [0.15, 0.2) is 0 Å². The predicted octanol–water partition coefficient (Wildman–Crippen LogP) is 3.76. The second kappa shape index (κ2) is 5.65. The zero-order valence-corrected chi connectivity index (χ0v) is 10.3. The minimum atomic E-state index is 0.590. The van der Waals surface area contributed by atoms with E-state index in [0.29, 0.717) is 6.54 Å². The number of rotatable bonds is 4. The van der Waals surface area contributed by atoms with Crippen LogP contribution in [0.4, 0.5) is 0 Å². The molecule has 0 unspecified atom stereocenters. The van der Waals surface area contributed by atoms with Crippen LogP contribution in [0, 0.1) is 0 Å². The van der Waals surface area contributed by atoms with Crippen molar-refractivity contribution >= 4 is 0 Å². The van der Waals surface area contributed by atoms with Gasteiger partial charge in [0.2, 0.25) is 0 Å². The van der Waals surface area contributed by atoms with E-state index in [1.54, 1.807) is 0 Å². The highest BCUT2D eigenvalue weighted by atomic mass is 14.5. The molecule has 1 heteroatoms. The SMILES string of the molecule is CCCc1ccc(-c2ccccc2CN)cc1. The van der Waals surface area contributed by atoms with Crippen molar-refractivity contribution in [3.05, 3.63) is 59.7 Å². The highest BCUT2D eigenvalue weighted by Crippen LogP contribution is 2.23. The lowest BCUT2D eigenvalue weighted by atomic mass is 9.98. The molecule has 0 saturated carbocycles. The Balaban J connectivity index is 2.33. The fourth-order valence-corrected chi connectivity index (χ4v) is 2.12. The molecule has 0 amide bonds. The summed E-state index contributed by atoms with van der Waals surface area (Å²) in [6.45, 7) is 2.80. The van der Waals surface area contributed by atoms with Gasteiger partial charge in [-0.3, -0.25) is 0 Å². The molecule has 0 radical (unpaired) electrons. The second-order valence-corrected chi connectivity index (χ2v) is 4.31. The van der Waals surface area contributed by atoms with Crippen LogP contribution in [0.5, 0.6) is 0 Å². The van der Waals surface area contributed by atoms with Crippen LogP contribution in [0.15, 0.2) is 48.5 Å². The molecule has 0 spiro atoms. The molecule has 2 aromatic carbocycles. The molecule has 0 fully saturated rings. The van der Waals surface area contributed by atoms with E-state index in [2.05, 4.69) is 49.4 Å². The van der Waals surface area contributed by atoms with Crippen LogP contribution < -0.4 is 5.73 Å². The van der Waals surface area contributed by atoms with Gasteiger partial charge in [-0.25, -0.2) is 0 Å². The largest absolute Gasteiger partial charge is 0.326 e. The smallest absolute Gasteiger partial charge is 0.0184 e. The van der Waals surface area contributed by atoms with Gasteiger partial charge in [0.05, 0.1) is 0 Å². The summed E-state index contributed by atoms with van der Waals surface area (Å²) in [6, 6.07) is 17.1. The van der Waals surface area contributed by atoms with Gasteiger partial charge in [-0.1, -0.05) is 61.9 Å². The number of hydrogen-bond donors (Lipinski definition) is 1. The van der Waals surface area contributed by atoms with Gasteiger partial charge < -0.3 is 5.73 Å². The molecule has 0 aliphatic carbocycles. The summed E-state index contributed by atoms with van der Waals surface area (Å²) in [5, 5.41) is 0. The molecule has 2 aromatic rings. The highest BCUT2D eigenvalue weighted by Gasteiger charge is 2.02. The fraction of sp³-hybridized carbons (Fsp3) is 0.250. The van der Waals surface area contributed by atoms with Crippen LogP contribution in [0.3, 0.4) is 0 Å². The first kappa shape index (κ1) is 11.9. The van der Waals surface area contributed by atoms with Gasteiger partial charge in [-0.15, -0.1) is 0 Å². The predicted molar refractivity (Wildman–Crippen MR) is 73.8 cm³/mol. The van der Waals surface area contributed by atoms with Crippen LogP contribution in [-0.2, 0) is 13.0 Å². The van der Waals surface area contributed by atoms with E-state index in [0.717, 1.165) is 6.42 Å². The van der Waals surface area contributed by atoms with E-state index in [1.165, 1.54) is 28.7 Å². The molecular weight excluding hydrogens is 206 g/mol. The molecule has 2 rings (SSSR count). The molecule has 0 heterocycles. The van der Waals surface area contributed by atoms with Gasteiger partial charge in [0.25, 0.3) is 0 Å². The molecule has 17 heavy (non-hydrogen) atoms. The molecule has 0 bridgehead atoms. The lowest BCUT2D eigenvalue weighted by Gasteiger charge is -2.08. The molecule has 0 aromatic heterocycles. The molecule has 0 atom stereocenters.